The Bertz CT molecular complexity index is 299. The van der Waals surface area contributed by atoms with Crippen LogP contribution in [0.25, 0.3) is 0 Å². The van der Waals surface area contributed by atoms with Crippen molar-refractivity contribution in [3.05, 3.63) is 24.5 Å². The van der Waals surface area contributed by atoms with E-state index in [1.807, 2.05) is 17.0 Å². The van der Waals surface area contributed by atoms with Gasteiger partial charge in [0.1, 0.15) is 0 Å². The summed E-state index contributed by atoms with van der Waals surface area (Å²) in [7, 11) is 0. The van der Waals surface area contributed by atoms with Crippen LogP contribution in [0.3, 0.4) is 0 Å². The number of carbonyl (C=O) groups excluding carboxylic acids is 1. The summed E-state index contributed by atoms with van der Waals surface area (Å²) in [6.07, 6.45) is 3.51. The Hall–Kier alpha value is -1.58. The molecule has 68 valence electrons. The first kappa shape index (κ1) is 8.04. The van der Waals surface area contributed by atoms with Crippen LogP contribution in [0.1, 0.15) is 0 Å². The van der Waals surface area contributed by atoms with Gasteiger partial charge in [-0.3, -0.25) is 9.78 Å². The highest BCUT2D eigenvalue weighted by Gasteiger charge is 2.15. The largest absolute Gasteiger partial charge is 0.359 e. The molecule has 2 rings (SSSR count). The SMILES string of the molecule is O=C1CN(c2cccnc2)CCN1. The van der Waals surface area contributed by atoms with E-state index in [4.69, 9.17) is 0 Å². The Balaban J connectivity index is 2.13. The fourth-order valence-electron chi connectivity index (χ4n) is 1.40. The number of aromatic nitrogens is 1. The van der Waals surface area contributed by atoms with Gasteiger partial charge < -0.3 is 10.2 Å². The number of amides is 1. The van der Waals surface area contributed by atoms with Crippen LogP contribution in [0, 0.1) is 0 Å². The molecule has 0 radical (unpaired) electrons. The van der Waals surface area contributed by atoms with Crippen molar-refractivity contribution < 1.29 is 4.79 Å². The molecular formula is C9H11N3O. The van der Waals surface area contributed by atoms with E-state index >= 15 is 0 Å². The molecule has 1 amide bonds. The van der Waals surface area contributed by atoms with E-state index in [0.29, 0.717) is 13.1 Å². The molecule has 1 fully saturated rings. The van der Waals surface area contributed by atoms with E-state index in [2.05, 4.69) is 10.3 Å². The maximum absolute atomic E-state index is 11.1. The molecule has 0 unspecified atom stereocenters. The molecule has 1 N–H and O–H groups in total. The maximum atomic E-state index is 11.1. The zero-order chi connectivity index (χ0) is 9.10. The van der Waals surface area contributed by atoms with Crippen LogP contribution in [0.15, 0.2) is 24.5 Å². The van der Waals surface area contributed by atoms with E-state index in [1.165, 1.54) is 0 Å². The van der Waals surface area contributed by atoms with Crippen LogP contribution in [-0.2, 0) is 4.79 Å². The Kier molecular flexibility index (Phi) is 2.12. The van der Waals surface area contributed by atoms with Gasteiger partial charge in [0.05, 0.1) is 18.4 Å². The number of pyridine rings is 1. The number of hydrogen-bond acceptors (Lipinski definition) is 3. The van der Waals surface area contributed by atoms with Crippen molar-refractivity contribution in [1.82, 2.24) is 10.3 Å². The monoisotopic (exact) mass is 177 g/mol. The van der Waals surface area contributed by atoms with Crippen molar-refractivity contribution in [3.8, 4) is 0 Å². The van der Waals surface area contributed by atoms with E-state index < -0.39 is 0 Å². The molecule has 2 heterocycles. The van der Waals surface area contributed by atoms with Gasteiger partial charge in [-0.1, -0.05) is 0 Å². The second-order valence-electron chi connectivity index (χ2n) is 2.98. The molecule has 1 aliphatic rings. The molecule has 1 aromatic heterocycles. The summed E-state index contributed by atoms with van der Waals surface area (Å²) < 4.78 is 0. The first-order valence-electron chi connectivity index (χ1n) is 4.28. The Labute approximate surface area is 76.6 Å². The van der Waals surface area contributed by atoms with Gasteiger partial charge in [-0.2, -0.15) is 0 Å². The molecule has 0 atom stereocenters. The summed E-state index contributed by atoms with van der Waals surface area (Å²) in [5.74, 6) is 0.0788. The minimum absolute atomic E-state index is 0.0788. The van der Waals surface area contributed by atoms with E-state index in [9.17, 15) is 4.79 Å². The van der Waals surface area contributed by atoms with Gasteiger partial charge in [0.2, 0.25) is 5.91 Å². The van der Waals surface area contributed by atoms with Gasteiger partial charge in [0.15, 0.2) is 0 Å². The number of piperazine rings is 1. The quantitative estimate of drug-likeness (QED) is 0.657. The maximum Gasteiger partial charge on any atom is 0.239 e. The second kappa shape index (κ2) is 3.43. The molecule has 13 heavy (non-hydrogen) atoms. The van der Waals surface area contributed by atoms with Crippen molar-refractivity contribution >= 4 is 11.6 Å². The third-order valence-corrected chi connectivity index (χ3v) is 2.05. The molecule has 0 spiro atoms. The minimum Gasteiger partial charge on any atom is -0.359 e. The van der Waals surface area contributed by atoms with Crippen molar-refractivity contribution in [2.45, 2.75) is 0 Å². The van der Waals surface area contributed by atoms with Crippen LogP contribution in [0.4, 0.5) is 5.69 Å². The van der Waals surface area contributed by atoms with E-state index in [1.54, 1.807) is 12.4 Å². The summed E-state index contributed by atoms with van der Waals surface area (Å²) >= 11 is 0. The first-order chi connectivity index (χ1) is 6.36. The van der Waals surface area contributed by atoms with Gasteiger partial charge in [0.25, 0.3) is 0 Å². The molecule has 0 bridgehead atoms. The predicted octanol–water partition coefficient (Wildman–Crippen LogP) is 0.0178. The third-order valence-electron chi connectivity index (χ3n) is 2.05. The second-order valence-corrected chi connectivity index (χ2v) is 2.98. The molecular weight excluding hydrogens is 166 g/mol. The average molecular weight is 177 g/mol. The summed E-state index contributed by atoms with van der Waals surface area (Å²) in [5.41, 5.74) is 1.01. The molecule has 4 heteroatoms. The molecule has 0 saturated carbocycles. The lowest BCUT2D eigenvalue weighted by atomic mass is 10.3. The third kappa shape index (κ3) is 1.77. The van der Waals surface area contributed by atoms with Gasteiger partial charge in [-0.15, -0.1) is 0 Å². The topological polar surface area (TPSA) is 45.2 Å². The Morgan fingerprint density at radius 1 is 1.54 bits per heavy atom. The number of rotatable bonds is 1. The van der Waals surface area contributed by atoms with Crippen molar-refractivity contribution in [1.29, 1.82) is 0 Å². The molecule has 1 aliphatic heterocycles. The van der Waals surface area contributed by atoms with Crippen LogP contribution in [0.5, 0.6) is 0 Å². The van der Waals surface area contributed by atoms with Crippen molar-refractivity contribution in [2.24, 2.45) is 0 Å². The van der Waals surface area contributed by atoms with Crippen LogP contribution < -0.4 is 10.2 Å². The van der Waals surface area contributed by atoms with Crippen LogP contribution >= 0.6 is 0 Å². The van der Waals surface area contributed by atoms with Gasteiger partial charge in [-0.05, 0) is 12.1 Å². The summed E-state index contributed by atoms with van der Waals surface area (Å²) in [6.45, 7) is 2.01. The summed E-state index contributed by atoms with van der Waals surface area (Å²) in [6, 6.07) is 3.84. The number of nitrogens with zero attached hydrogens (tertiary/aromatic N) is 2. The molecule has 1 saturated heterocycles. The van der Waals surface area contributed by atoms with Crippen LogP contribution in [-0.4, -0.2) is 30.5 Å². The van der Waals surface area contributed by atoms with Crippen LogP contribution in [0.2, 0.25) is 0 Å². The normalized spacial score (nSPS) is 16.9. The molecule has 0 aliphatic carbocycles. The number of carbonyl (C=O) groups is 1. The Morgan fingerprint density at radius 2 is 2.46 bits per heavy atom. The minimum atomic E-state index is 0.0788. The summed E-state index contributed by atoms with van der Waals surface area (Å²) in [5, 5.41) is 2.78. The number of anilines is 1. The smallest absolute Gasteiger partial charge is 0.239 e. The lowest BCUT2D eigenvalue weighted by molar-refractivity contribution is -0.120. The van der Waals surface area contributed by atoms with E-state index in [-0.39, 0.29) is 5.91 Å². The average Bonchev–Trinajstić information content (AvgIpc) is 2.19. The number of hydrogen-bond donors (Lipinski definition) is 1. The molecule has 0 aromatic carbocycles. The van der Waals surface area contributed by atoms with Gasteiger partial charge >= 0.3 is 0 Å². The predicted molar refractivity (Wildman–Crippen MR) is 49.5 cm³/mol. The fourth-order valence-corrected chi connectivity index (χ4v) is 1.40. The zero-order valence-corrected chi connectivity index (χ0v) is 7.23. The molecule has 4 nitrogen and oxygen atoms in total. The van der Waals surface area contributed by atoms with Gasteiger partial charge in [-0.25, -0.2) is 0 Å². The highest BCUT2D eigenvalue weighted by atomic mass is 16.2. The van der Waals surface area contributed by atoms with Gasteiger partial charge in [0, 0.05) is 19.3 Å². The fraction of sp³-hybridized carbons (Fsp3) is 0.333. The lowest BCUT2D eigenvalue weighted by Gasteiger charge is -2.28. The van der Waals surface area contributed by atoms with E-state index in [0.717, 1.165) is 12.2 Å². The highest BCUT2D eigenvalue weighted by Crippen LogP contribution is 2.11. The standard InChI is InChI=1S/C9H11N3O/c13-9-7-12(5-4-11-9)8-2-1-3-10-6-8/h1-3,6H,4-5,7H2,(H,11,13). The number of nitrogens with one attached hydrogen (secondary N) is 1. The van der Waals surface area contributed by atoms with Crippen molar-refractivity contribution in [3.63, 3.8) is 0 Å². The Morgan fingerprint density at radius 3 is 3.15 bits per heavy atom. The highest BCUT2D eigenvalue weighted by molar-refractivity contribution is 5.82. The van der Waals surface area contributed by atoms with Crippen molar-refractivity contribution in [2.75, 3.05) is 24.5 Å². The lowest BCUT2D eigenvalue weighted by Crippen LogP contribution is -2.47. The first-order valence-corrected chi connectivity index (χ1v) is 4.28. The molecule has 1 aromatic rings. The summed E-state index contributed by atoms with van der Waals surface area (Å²) in [4.78, 5) is 17.1. The zero-order valence-electron chi connectivity index (χ0n) is 7.23.